The Morgan fingerprint density at radius 1 is 1.37 bits per heavy atom. The number of amides is 1. The number of carbonyl (C=O) groups is 1. The van der Waals surface area contributed by atoms with E-state index in [2.05, 4.69) is 10.4 Å². The number of benzene rings is 1. The molecule has 0 spiro atoms. The van der Waals surface area contributed by atoms with E-state index in [1.54, 1.807) is 12.1 Å². The first-order valence-electron chi connectivity index (χ1n) is 5.90. The monoisotopic (exact) mass is 254 g/mol. The van der Waals surface area contributed by atoms with Crippen LogP contribution in [0.3, 0.4) is 0 Å². The molecule has 0 bridgehead atoms. The Bertz CT molecular complexity index is 634. The number of nitrogens with one attached hydrogen (secondary N) is 1. The zero-order valence-electron chi connectivity index (χ0n) is 10.8. The van der Waals surface area contributed by atoms with E-state index in [-0.39, 0.29) is 12.5 Å². The second kappa shape index (κ2) is 5.36. The van der Waals surface area contributed by atoms with E-state index in [4.69, 9.17) is 5.26 Å². The third-order valence-electron chi connectivity index (χ3n) is 2.71. The van der Waals surface area contributed by atoms with Crippen molar-refractivity contribution in [1.82, 2.24) is 15.1 Å². The molecule has 0 aliphatic carbocycles. The van der Waals surface area contributed by atoms with Crippen LogP contribution in [-0.2, 0) is 0 Å². The fourth-order valence-corrected chi connectivity index (χ4v) is 1.87. The molecule has 0 saturated heterocycles. The van der Waals surface area contributed by atoms with Crippen LogP contribution in [0.1, 0.15) is 21.7 Å². The highest BCUT2D eigenvalue weighted by Gasteiger charge is 2.07. The minimum absolute atomic E-state index is 0.0119. The molecule has 5 heteroatoms. The lowest BCUT2D eigenvalue weighted by atomic mass is 10.2. The average Bonchev–Trinajstić information content (AvgIpc) is 2.75. The first-order chi connectivity index (χ1) is 9.11. The predicted octanol–water partition coefficient (Wildman–Crippen LogP) is 1.74. The third kappa shape index (κ3) is 2.80. The molecular weight excluding hydrogens is 240 g/mol. The van der Waals surface area contributed by atoms with E-state index in [9.17, 15) is 4.79 Å². The van der Waals surface area contributed by atoms with Crippen molar-refractivity contribution in [3.8, 4) is 11.8 Å². The smallest absolute Gasteiger partial charge is 0.252 e. The van der Waals surface area contributed by atoms with Crippen molar-refractivity contribution in [2.45, 2.75) is 13.8 Å². The maximum Gasteiger partial charge on any atom is 0.252 e. The molecule has 19 heavy (non-hydrogen) atoms. The number of carbonyl (C=O) groups excluding carboxylic acids is 1. The minimum Gasteiger partial charge on any atom is -0.339 e. The van der Waals surface area contributed by atoms with E-state index in [0.29, 0.717) is 5.56 Å². The van der Waals surface area contributed by atoms with E-state index in [1.807, 2.05) is 42.8 Å². The van der Waals surface area contributed by atoms with Gasteiger partial charge in [-0.1, -0.05) is 0 Å². The largest absolute Gasteiger partial charge is 0.339 e. The molecule has 0 saturated carbocycles. The highest BCUT2D eigenvalue weighted by atomic mass is 16.1. The van der Waals surface area contributed by atoms with Gasteiger partial charge in [-0.15, -0.1) is 0 Å². The summed E-state index contributed by atoms with van der Waals surface area (Å²) in [5.41, 5.74) is 3.43. The number of hydrogen-bond donors (Lipinski definition) is 1. The van der Waals surface area contributed by atoms with E-state index < -0.39 is 0 Å². The molecule has 1 aromatic carbocycles. The molecule has 0 unspecified atom stereocenters. The Morgan fingerprint density at radius 3 is 2.58 bits per heavy atom. The molecular formula is C14H14N4O. The summed E-state index contributed by atoms with van der Waals surface area (Å²) < 4.78 is 1.83. The van der Waals surface area contributed by atoms with Crippen LogP contribution in [0.15, 0.2) is 30.3 Å². The van der Waals surface area contributed by atoms with Crippen LogP contribution in [0, 0.1) is 25.2 Å². The van der Waals surface area contributed by atoms with Gasteiger partial charge in [0.1, 0.15) is 6.54 Å². The lowest BCUT2D eigenvalue weighted by molar-refractivity contribution is 0.0958. The molecule has 5 nitrogen and oxygen atoms in total. The van der Waals surface area contributed by atoms with E-state index in [0.717, 1.165) is 17.1 Å². The summed E-state index contributed by atoms with van der Waals surface area (Å²) in [5.74, 6) is -0.249. The molecule has 96 valence electrons. The van der Waals surface area contributed by atoms with Gasteiger partial charge >= 0.3 is 0 Å². The maximum absolute atomic E-state index is 11.6. The first kappa shape index (κ1) is 12.8. The average molecular weight is 254 g/mol. The van der Waals surface area contributed by atoms with Crippen molar-refractivity contribution in [3.05, 3.63) is 47.3 Å². The summed E-state index contributed by atoms with van der Waals surface area (Å²) in [5, 5.41) is 15.3. The third-order valence-corrected chi connectivity index (χ3v) is 2.71. The van der Waals surface area contributed by atoms with Gasteiger partial charge in [0.25, 0.3) is 5.91 Å². The summed E-state index contributed by atoms with van der Waals surface area (Å²) in [6.07, 6.45) is 0. The van der Waals surface area contributed by atoms with Crippen LogP contribution < -0.4 is 5.32 Å². The number of aromatic nitrogens is 2. The fourth-order valence-electron chi connectivity index (χ4n) is 1.87. The Kier molecular flexibility index (Phi) is 3.62. The van der Waals surface area contributed by atoms with Gasteiger partial charge in [0.15, 0.2) is 0 Å². The molecule has 2 rings (SSSR count). The van der Waals surface area contributed by atoms with Gasteiger partial charge in [0.2, 0.25) is 0 Å². The van der Waals surface area contributed by atoms with Crippen molar-refractivity contribution in [2.75, 3.05) is 6.54 Å². The molecule has 1 heterocycles. The Hall–Kier alpha value is -2.61. The first-order valence-corrected chi connectivity index (χ1v) is 5.90. The molecule has 0 fully saturated rings. The number of aryl methyl sites for hydroxylation is 2. The van der Waals surface area contributed by atoms with Crippen molar-refractivity contribution in [1.29, 1.82) is 5.26 Å². The van der Waals surface area contributed by atoms with Crippen LogP contribution >= 0.6 is 0 Å². The van der Waals surface area contributed by atoms with Gasteiger partial charge in [0.05, 0.1) is 17.5 Å². The quantitative estimate of drug-likeness (QED) is 0.848. The van der Waals surface area contributed by atoms with Crippen molar-refractivity contribution >= 4 is 5.91 Å². The second-order valence-corrected chi connectivity index (χ2v) is 4.23. The standard InChI is InChI=1S/C14H14N4O/c1-10-9-11(2)18(17-10)13-5-3-12(4-6-13)14(19)16-8-7-15/h3-6,9H,8H2,1-2H3,(H,16,19). The van der Waals surface area contributed by atoms with Crippen molar-refractivity contribution in [2.24, 2.45) is 0 Å². The molecule has 0 aliphatic heterocycles. The number of rotatable bonds is 3. The number of hydrogen-bond acceptors (Lipinski definition) is 3. The maximum atomic E-state index is 11.6. The molecule has 1 N–H and O–H groups in total. The fraction of sp³-hybridized carbons (Fsp3) is 0.214. The summed E-state index contributed by atoms with van der Waals surface area (Å²) in [6, 6.07) is 11.0. The molecule has 1 aromatic heterocycles. The summed E-state index contributed by atoms with van der Waals surface area (Å²) in [7, 11) is 0. The molecule has 0 atom stereocenters. The van der Waals surface area contributed by atoms with E-state index in [1.165, 1.54) is 0 Å². The summed E-state index contributed by atoms with van der Waals surface area (Å²) in [4.78, 5) is 11.6. The minimum atomic E-state index is -0.249. The summed E-state index contributed by atoms with van der Waals surface area (Å²) in [6.45, 7) is 3.93. The van der Waals surface area contributed by atoms with Crippen LogP contribution in [-0.4, -0.2) is 22.2 Å². The lowest BCUT2D eigenvalue weighted by Crippen LogP contribution is -2.23. The Labute approximate surface area is 111 Å². The highest BCUT2D eigenvalue weighted by Crippen LogP contribution is 2.13. The van der Waals surface area contributed by atoms with Gasteiger partial charge < -0.3 is 5.32 Å². The van der Waals surface area contributed by atoms with E-state index >= 15 is 0 Å². The van der Waals surface area contributed by atoms with Crippen LogP contribution in [0.25, 0.3) is 5.69 Å². The van der Waals surface area contributed by atoms with Crippen LogP contribution in [0.4, 0.5) is 0 Å². The highest BCUT2D eigenvalue weighted by molar-refractivity contribution is 5.94. The Morgan fingerprint density at radius 2 is 2.05 bits per heavy atom. The van der Waals surface area contributed by atoms with Gasteiger partial charge in [-0.25, -0.2) is 4.68 Å². The number of nitrogens with zero attached hydrogens (tertiary/aromatic N) is 3. The lowest BCUT2D eigenvalue weighted by Gasteiger charge is -2.06. The van der Waals surface area contributed by atoms with Gasteiger partial charge in [-0.3, -0.25) is 4.79 Å². The molecule has 0 aliphatic rings. The van der Waals surface area contributed by atoms with Crippen LogP contribution in [0.2, 0.25) is 0 Å². The zero-order chi connectivity index (χ0) is 13.8. The normalized spacial score (nSPS) is 9.95. The van der Waals surface area contributed by atoms with Gasteiger partial charge in [0, 0.05) is 11.3 Å². The van der Waals surface area contributed by atoms with Gasteiger partial charge in [-0.2, -0.15) is 10.4 Å². The second-order valence-electron chi connectivity index (χ2n) is 4.23. The zero-order valence-corrected chi connectivity index (χ0v) is 10.8. The van der Waals surface area contributed by atoms with Crippen LogP contribution in [0.5, 0.6) is 0 Å². The van der Waals surface area contributed by atoms with Crippen molar-refractivity contribution < 1.29 is 4.79 Å². The predicted molar refractivity (Wildman–Crippen MR) is 71.0 cm³/mol. The molecule has 1 amide bonds. The summed E-state index contributed by atoms with van der Waals surface area (Å²) >= 11 is 0. The topological polar surface area (TPSA) is 70.7 Å². The number of nitriles is 1. The van der Waals surface area contributed by atoms with Crippen molar-refractivity contribution in [3.63, 3.8) is 0 Å². The SMILES string of the molecule is Cc1cc(C)n(-c2ccc(C(=O)NCC#N)cc2)n1. The molecule has 2 aromatic rings. The Balaban J connectivity index is 2.22. The molecule has 0 radical (unpaired) electrons. The van der Waals surface area contributed by atoms with Gasteiger partial charge in [-0.05, 0) is 44.2 Å².